The Kier molecular flexibility index (Phi) is 3.53. The number of nitrogens with zero attached hydrogens (tertiary/aromatic N) is 1. The Hall–Kier alpha value is -1.96. The molecule has 0 aliphatic carbocycles. The van der Waals surface area contributed by atoms with E-state index < -0.39 is 26.2 Å². The second-order valence-electron chi connectivity index (χ2n) is 5.21. The highest BCUT2D eigenvalue weighted by molar-refractivity contribution is 7.91. The fourth-order valence-corrected chi connectivity index (χ4v) is 2.36. The van der Waals surface area contributed by atoms with Gasteiger partial charge in [-0.2, -0.15) is 0 Å². The van der Waals surface area contributed by atoms with Gasteiger partial charge in [-0.25, -0.2) is 17.2 Å². The molecule has 21 heavy (non-hydrogen) atoms. The number of aromatic nitrogens is 1. The molecule has 0 fully saturated rings. The number of sulfone groups is 1. The van der Waals surface area contributed by atoms with Crippen molar-refractivity contribution in [3.8, 4) is 11.1 Å². The molecule has 1 aromatic heterocycles. The molecule has 0 bridgehead atoms. The molecule has 0 spiro atoms. The molecule has 0 radical (unpaired) electrons. The highest BCUT2D eigenvalue weighted by atomic mass is 32.2. The maximum absolute atomic E-state index is 13.4. The van der Waals surface area contributed by atoms with Crippen LogP contribution in [-0.4, -0.2) is 19.8 Å². The van der Waals surface area contributed by atoms with Crippen molar-refractivity contribution < 1.29 is 21.7 Å². The molecule has 0 aliphatic rings. The molecule has 2 aromatic rings. The summed E-state index contributed by atoms with van der Waals surface area (Å²) in [4.78, 5) is 0. The second-order valence-corrected chi connectivity index (χ2v) is 7.78. The predicted octanol–water partition coefficient (Wildman–Crippen LogP) is 2.48. The number of hydrogen-bond acceptors (Lipinski definition) is 5. The second kappa shape index (κ2) is 4.80. The topological polar surface area (TPSA) is 86.2 Å². The van der Waals surface area contributed by atoms with Crippen molar-refractivity contribution in [2.75, 3.05) is 12.0 Å². The lowest BCUT2D eigenvalue weighted by atomic mass is 9.98. The Morgan fingerprint density at radius 2 is 1.71 bits per heavy atom. The van der Waals surface area contributed by atoms with Gasteiger partial charge in [-0.05, 0) is 31.5 Å². The van der Waals surface area contributed by atoms with Gasteiger partial charge in [0.2, 0.25) is 5.88 Å². The molecule has 1 heterocycles. The summed E-state index contributed by atoms with van der Waals surface area (Å²) in [5.41, 5.74) is 5.79. The third-order valence-corrected chi connectivity index (χ3v) is 5.41. The Morgan fingerprint density at radius 1 is 1.19 bits per heavy atom. The lowest BCUT2D eigenvalue weighted by Crippen LogP contribution is -2.29. The zero-order chi connectivity index (χ0) is 16.0. The lowest BCUT2D eigenvalue weighted by molar-refractivity contribution is 0.417. The molecule has 0 aliphatic heterocycles. The summed E-state index contributed by atoms with van der Waals surface area (Å²) in [6.45, 7) is 2.83. The minimum atomic E-state index is -3.56. The smallest absolute Gasteiger partial charge is 0.230 e. The van der Waals surface area contributed by atoms with E-state index in [1.165, 1.54) is 13.8 Å². The van der Waals surface area contributed by atoms with Gasteiger partial charge in [-0.15, -0.1) is 0 Å². The van der Waals surface area contributed by atoms with E-state index in [-0.39, 0.29) is 22.7 Å². The fourth-order valence-electron chi connectivity index (χ4n) is 1.87. The van der Waals surface area contributed by atoms with Crippen LogP contribution in [-0.2, 0) is 14.6 Å². The minimum absolute atomic E-state index is 0.00694. The first kappa shape index (κ1) is 15.4. The highest BCUT2D eigenvalue weighted by Gasteiger charge is 2.39. The number of rotatable bonds is 3. The SMILES string of the molecule is CC(C)(c1noc(N)c1-c1cc(F)cc(F)c1)S(C)(=O)=O. The summed E-state index contributed by atoms with van der Waals surface area (Å²) in [6.07, 6.45) is 1.04. The van der Waals surface area contributed by atoms with Crippen LogP contribution in [0.2, 0.25) is 0 Å². The molecule has 0 unspecified atom stereocenters. The molecule has 0 amide bonds. The van der Waals surface area contributed by atoms with E-state index in [4.69, 9.17) is 10.3 Å². The van der Waals surface area contributed by atoms with E-state index in [0.717, 1.165) is 18.4 Å². The lowest BCUT2D eigenvalue weighted by Gasteiger charge is -2.21. The Morgan fingerprint density at radius 3 is 2.19 bits per heavy atom. The molecule has 5 nitrogen and oxygen atoms in total. The zero-order valence-corrected chi connectivity index (χ0v) is 12.5. The Labute approximate surface area is 120 Å². The van der Waals surface area contributed by atoms with Crippen LogP contribution in [0, 0.1) is 11.6 Å². The maximum Gasteiger partial charge on any atom is 0.230 e. The largest absolute Gasteiger partial charge is 0.367 e. The third-order valence-electron chi connectivity index (χ3n) is 3.37. The van der Waals surface area contributed by atoms with Crippen LogP contribution in [0.3, 0.4) is 0 Å². The van der Waals surface area contributed by atoms with Crippen molar-refractivity contribution in [1.82, 2.24) is 5.16 Å². The van der Waals surface area contributed by atoms with Gasteiger partial charge in [0.05, 0.1) is 5.56 Å². The Balaban J connectivity index is 2.75. The van der Waals surface area contributed by atoms with E-state index in [1.807, 2.05) is 0 Å². The Bertz CT molecular complexity index is 777. The average Bonchev–Trinajstić information content (AvgIpc) is 2.68. The van der Waals surface area contributed by atoms with E-state index in [0.29, 0.717) is 6.07 Å². The van der Waals surface area contributed by atoms with Crippen molar-refractivity contribution in [3.63, 3.8) is 0 Å². The van der Waals surface area contributed by atoms with E-state index in [2.05, 4.69) is 5.16 Å². The van der Waals surface area contributed by atoms with Crippen LogP contribution in [0.1, 0.15) is 19.5 Å². The van der Waals surface area contributed by atoms with Gasteiger partial charge < -0.3 is 10.3 Å². The molecule has 8 heteroatoms. The summed E-state index contributed by atoms with van der Waals surface area (Å²) in [7, 11) is -3.56. The molecule has 0 saturated carbocycles. The quantitative estimate of drug-likeness (QED) is 0.940. The number of benzene rings is 1. The summed E-state index contributed by atoms with van der Waals surface area (Å²) in [6, 6.07) is 2.77. The summed E-state index contributed by atoms with van der Waals surface area (Å²) in [5.74, 6) is -1.82. The minimum Gasteiger partial charge on any atom is -0.367 e. The van der Waals surface area contributed by atoms with Gasteiger partial charge in [-0.1, -0.05) is 5.16 Å². The third kappa shape index (κ3) is 2.63. The van der Waals surface area contributed by atoms with Crippen LogP contribution in [0.4, 0.5) is 14.7 Å². The van der Waals surface area contributed by atoms with E-state index in [1.54, 1.807) is 0 Å². The van der Waals surface area contributed by atoms with Crippen molar-refractivity contribution in [2.24, 2.45) is 0 Å². The van der Waals surface area contributed by atoms with Gasteiger partial charge in [0.25, 0.3) is 0 Å². The van der Waals surface area contributed by atoms with Crippen molar-refractivity contribution >= 4 is 15.7 Å². The first-order valence-corrected chi connectivity index (χ1v) is 7.85. The molecule has 2 rings (SSSR count). The molecule has 0 saturated heterocycles. The van der Waals surface area contributed by atoms with E-state index >= 15 is 0 Å². The fraction of sp³-hybridized carbons (Fsp3) is 0.308. The van der Waals surface area contributed by atoms with Gasteiger partial charge >= 0.3 is 0 Å². The molecule has 1 aromatic carbocycles. The summed E-state index contributed by atoms with van der Waals surface area (Å²) in [5, 5.41) is 3.67. The van der Waals surface area contributed by atoms with Crippen molar-refractivity contribution in [3.05, 3.63) is 35.5 Å². The van der Waals surface area contributed by atoms with Crippen LogP contribution < -0.4 is 5.73 Å². The molecule has 114 valence electrons. The number of nitrogens with two attached hydrogens (primary N) is 1. The highest BCUT2D eigenvalue weighted by Crippen LogP contribution is 2.39. The molecule has 0 atom stereocenters. The number of halogens is 2. The first-order chi connectivity index (χ1) is 9.54. The number of hydrogen-bond donors (Lipinski definition) is 1. The van der Waals surface area contributed by atoms with Crippen LogP contribution in [0.15, 0.2) is 22.7 Å². The predicted molar refractivity (Wildman–Crippen MR) is 74.1 cm³/mol. The van der Waals surface area contributed by atoms with Gasteiger partial charge in [0, 0.05) is 12.3 Å². The summed E-state index contributed by atoms with van der Waals surface area (Å²) >= 11 is 0. The number of nitrogen functional groups attached to an aromatic ring is 1. The van der Waals surface area contributed by atoms with Crippen LogP contribution >= 0.6 is 0 Å². The molecular formula is C13H14F2N2O3S. The zero-order valence-electron chi connectivity index (χ0n) is 11.6. The van der Waals surface area contributed by atoms with Gasteiger partial charge in [-0.3, -0.25) is 0 Å². The first-order valence-electron chi connectivity index (χ1n) is 5.95. The monoisotopic (exact) mass is 316 g/mol. The average molecular weight is 316 g/mol. The number of anilines is 1. The van der Waals surface area contributed by atoms with Gasteiger partial charge in [0.1, 0.15) is 22.1 Å². The maximum atomic E-state index is 13.4. The molecule has 2 N–H and O–H groups in total. The van der Waals surface area contributed by atoms with E-state index in [9.17, 15) is 17.2 Å². The van der Waals surface area contributed by atoms with Crippen LogP contribution in [0.25, 0.3) is 11.1 Å². The van der Waals surface area contributed by atoms with Crippen LogP contribution in [0.5, 0.6) is 0 Å². The molecular weight excluding hydrogens is 302 g/mol. The standard InChI is InChI=1S/C13H14F2N2O3S/c1-13(2,21(3,18)19)11-10(12(16)20-17-11)7-4-8(14)6-9(15)5-7/h4-6H,16H2,1-3H3. The van der Waals surface area contributed by atoms with Gasteiger partial charge in [0.15, 0.2) is 9.84 Å². The normalized spacial score (nSPS) is 12.6. The van der Waals surface area contributed by atoms with Crippen molar-refractivity contribution in [2.45, 2.75) is 18.6 Å². The van der Waals surface area contributed by atoms with Crippen molar-refractivity contribution in [1.29, 1.82) is 0 Å². The summed E-state index contributed by atoms with van der Waals surface area (Å²) < 4.78 is 54.0.